The molecule has 55 heavy (non-hydrogen) atoms. The molecule has 0 aliphatic carbocycles. The summed E-state index contributed by atoms with van der Waals surface area (Å²) in [6.45, 7) is 4.10. The van der Waals surface area contributed by atoms with Crippen molar-refractivity contribution < 1.29 is 24.2 Å². The van der Waals surface area contributed by atoms with E-state index in [1.165, 1.54) is 205 Å². The monoisotopic (exact) mass is 777 g/mol. The molecule has 0 rings (SSSR count). The molecule has 0 aliphatic rings. The van der Waals surface area contributed by atoms with E-state index < -0.39 is 6.10 Å². The number of aliphatic hydroxyl groups is 1. The lowest BCUT2D eigenvalue weighted by atomic mass is 10.0. The first-order chi connectivity index (χ1) is 27.1. The Morgan fingerprint density at radius 3 is 1.05 bits per heavy atom. The van der Waals surface area contributed by atoms with Crippen molar-refractivity contribution >= 4 is 11.9 Å². The van der Waals surface area contributed by atoms with Crippen LogP contribution in [0.15, 0.2) is 12.2 Å². The lowest BCUT2D eigenvalue weighted by molar-refractivity contribution is -0.161. The number of aliphatic hydroxyl groups excluding tert-OH is 1. The molecule has 0 amide bonds. The summed E-state index contributed by atoms with van der Waals surface area (Å²) in [6, 6.07) is 0. The quantitative estimate of drug-likeness (QED) is 0.0379. The molecule has 0 aromatic rings. The van der Waals surface area contributed by atoms with E-state index in [9.17, 15) is 14.7 Å². The molecule has 0 saturated carbocycles. The molecule has 0 saturated heterocycles. The molecule has 0 spiro atoms. The number of unbranched alkanes of at least 4 members (excludes halogenated alkanes) is 36. The van der Waals surface area contributed by atoms with Crippen molar-refractivity contribution in [2.24, 2.45) is 0 Å². The van der Waals surface area contributed by atoms with Crippen LogP contribution in [0.25, 0.3) is 0 Å². The number of allylic oxidation sites excluding steroid dienone is 2. The van der Waals surface area contributed by atoms with Crippen LogP contribution in [0.1, 0.15) is 277 Å². The fraction of sp³-hybridized carbons (Fsp3) is 0.920. The van der Waals surface area contributed by atoms with E-state index in [0.717, 1.165) is 44.9 Å². The number of carbonyl (C=O) groups is 2. The number of ether oxygens (including phenoxy) is 2. The van der Waals surface area contributed by atoms with Gasteiger partial charge in [0.15, 0.2) is 6.10 Å². The fourth-order valence-corrected chi connectivity index (χ4v) is 7.56. The third-order valence-corrected chi connectivity index (χ3v) is 11.3. The Hall–Kier alpha value is -1.36. The van der Waals surface area contributed by atoms with Crippen molar-refractivity contribution in [2.75, 3.05) is 13.2 Å². The Balaban J connectivity index is 3.35. The van der Waals surface area contributed by atoms with Crippen LogP contribution >= 0.6 is 0 Å². The molecule has 0 radical (unpaired) electrons. The third kappa shape index (κ3) is 45.2. The molecule has 0 fully saturated rings. The van der Waals surface area contributed by atoms with E-state index in [1.807, 2.05) is 0 Å². The highest BCUT2D eigenvalue weighted by molar-refractivity contribution is 5.70. The van der Waals surface area contributed by atoms with Crippen molar-refractivity contribution in [3.8, 4) is 0 Å². The first-order valence-corrected chi connectivity index (χ1v) is 24.7. The zero-order valence-corrected chi connectivity index (χ0v) is 37.2. The van der Waals surface area contributed by atoms with Gasteiger partial charge in [-0.2, -0.15) is 0 Å². The number of rotatable bonds is 46. The molecule has 0 aromatic carbocycles. The average Bonchev–Trinajstić information content (AvgIpc) is 3.19. The maximum Gasteiger partial charge on any atom is 0.306 e. The molecule has 1 unspecified atom stereocenters. The SMILES string of the molecule is CCC/C=C\CCCCCCCC(=O)OC(CO)COC(=O)CCCCCCCCCCCCCCCCCCCCCCCCCCCCCCCCC. The van der Waals surface area contributed by atoms with Gasteiger partial charge >= 0.3 is 11.9 Å². The van der Waals surface area contributed by atoms with Gasteiger partial charge < -0.3 is 14.6 Å². The summed E-state index contributed by atoms with van der Waals surface area (Å²) < 4.78 is 10.6. The van der Waals surface area contributed by atoms with Gasteiger partial charge in [0.1, 0.15) is 6.61 Å². The molecule has 0 heterocycles. The second-order valence-electron chi connectivity index (χ2n) is 16.9. The highest BCUT2D eigenvalue weighted by atomic mass is 16.6. The minimum Gasteiger partial charge on any atom is -0.462 e. The summed E-state index contributed by atoms with van der Waals surface area (Å²) >= 11 is 0. The van der Waals surface area contributed by atoms with Crippen molar-refractivity contribution in [1.29, 1.82) is 0 Å². The summed E-state index contributed by atoms with van der Waals surface area (Å²) in [5.74, 6) is -0.590. The predicted molar refractivity (Wildman–Crippen MR) is 238 cm³/mol. The van der Waals surface area contributed by atoms with Crippen molar-refractivity contribution in [3.05, 3.63) is 12.2 Å². The largest absolute Gasteiger partial charge is 0.462 e. The molecule has 0 bridgehead atoms. The minimum absolute atomic E-state index is 0.0633. The smallest absolute Gasteiger partial charge is 0.306 e. The molecular weight excluding hydrogens is 681 g/mol. The second kappa shape index (κ2) is 47.0. The molecule has 1 N–H and O–H groups in total. The molecule has 0 aliphatic heterocycles. The van der Waals surface area contributed by atoms with Crippen LogP contribution in [0, 0.1) is 0 Å². The van der Waals surface area contributed by atoms with Crippen LogP contribution in [0.3, 0.4) is 0 Å². The zero-order valence-electron chi connectivity index (χ0n) is 37.2. The van der Waals surface area contributed by atoms with E-state index in [0.29, 0.717) is 12.8 Å². The van der Waals surface area contributed by atoms with Gasteiger partial charge in [-0.3, -0.25) is 9.59 Å². The van der Waals surface area contributed by atoms with E-state index in [-0.39, 0.29) is 25.2 Å². The maximum absolute atomic E-state index is 12.1. The van der Waals surface area contributed by atoms with Crippen molar-refractivity contribution in [1.82, 2.24) is 0 Å². The first kappa shape index (κ1) is 53.6. The minimum atomic E-state index is -0.769. The highest BCUT2D eigenvalue weighted by Gasteiger charge is 2.16. The van der Waals surface area contributed by atoms with Gasteiger partial charge in [-0.1, -0.05) is 244 Å². The van der Waals surface area contributed by atoms with Crippen molar-refractivity contribution in [2.45, 2.75) is 283 Å². The maximum atomic E-state index is 12.1. The lowest BCUT2D eigenvalue weighted by Gasteiger charge is -2.15. The summed E-state index contributed by atoms with van der Waals surface area (Å²) in [6.07, 6.45) is 56.2. The fourth-order valence-electron chi connectivity index (χ4n) is 7.56. The van der Waals surface area contributed by atoms with Crippen LogP contribution in [-0.2, 0) is 19.1 Å². The van der Waals surface area contributed by atoms with Gasteiger partial charge in [-0.05, 0) is 32.1 Å². The first-order valence-electron chi connectivity index (χ1n) is 24.7. The van der Waals surface area contributed by atoms with E-state index in [4.69, 9.17) is 9.47 Å². The van der Waals surface area contributed by atoms with Crippen LogP contribution in [0.5, 0.6) is 0 Å². The van der Waals surface area contributed by atoms with Crippen LogP contribution in [0.2, 0.25) is 0 Å². The van der Waals surface area contributed by atoms with Crippen LogP contribution < -0.4 is 0 Å². The number of hydrogen-bond donors (Lipinski definition) is 1. The molecule has 0 aromatic heterocycles. The predicted octanol–water partition coefficient (Wildman–Crippen LogP) is 16.0. The molecule has 5 nitrogen and oxygen atoms in total. The number of esters is 2. The Kier molecular flexibility index (Phi) is 45.9. The number of carbonyl (C=O) groups excluding carboxylic acids is 2. The van der Waals surface area contributed by atoms with E-state index in [1.54, 1.807) is 0 Å². The molecule has 326 valence electrons. The highest BCUT2D eigenvalue weighted by Crippen LogP contribution is 2.17. The van der Waals surface area contributed by atoms with Crippen LogP contribution in [0.4, 0.5) is 0 Å². The van der Waals surface area contributed by atoms with E-state index >= 15 is 0 Å². The van der Waals surface area contributed by atoms with Gasteiger partial charge in [0.05, 0.1) is 6.61 Å². The van der Waals surface area contributed by atoms with Gasteiger partial charge in [0.25, 0.3) is 0 Å². The lowest BCUT2D eigenvalue weighted by Crippen LogP contribution is -2.28. The Morgan fingerprint density at radius 2 is 0.709 bits per heavy atom. The standard InChI is InChI=1S/C50H96O5/c1-3-5-7-9-11-13-15-16-17-18-19-20-21-22-23-24-25-26-27-28-29-30-31-32-33-34-35-37-38-40-42-44-49(52)54-47-48(46-51)55-50(53)45-43-41-39-36-14-12-10-8-6-4-2/h8,10,48,51H,3-7,9,11-47H2,1-2H3/b10-8-. The molecule has 1 atom stereocenters. The Labute approximate surface area is 343 Å². The van der Waals surface area contributed by atoms with E-state index in [2.05, 4.69) is 26.0 Å². The van der Waals surface area contributed by atoms with Gasteiger partial charge in [-0.15, -0.1) is 0 Å². The van der Waals surface area contributed by atoms with Gasteiger partial charge in [0, 0.05) is 12.8 Å². The molecular formula is C50H96O5. The third-order valence-electron chi connectivity index (χ3n) is 11.3. The van der Waals surface area contributed by atoms with Gasteiger partial charge in [-0.25, -0.2) is 0 Å². The summed E-state index contributed by atoms with van der Waals surface area (Å²) in [7, 11) is 0. The Bertz CT molecular complexity index is 795. The average molecular weight is 777 g/mol. The second-order valence-corrected chi connectivity index (χ2v) is 16.9. The normalized spacial score (nSPS) is 12.1. The topological polar surface area (TPSA) is 72.8 Å². The number of hydrogen-bond acceptors (Lipinski definition) is 5. The van der Waals surface area contributed by atoms with Crippen LogP contribution in [-0.4, -0.2) is 36.4 Å². The summed E-state index contributed by atoms with van der Waals surface area (Å²) in [5.41, 5.74) is 0. The zero-order chi connectivity index (χ0) is 40.0. The summed E-state index contributed by atoms with van der Waals surface area (Å²) in [5, 5.41) is 9.55. The summed E-state index contributed by atoms with van der Waals surface area (Å²) in [4.78, 5) is 24.3. The molecule has 5 heteroatoms. The van der Waals surface area contributed by atoms with Gasteiger partial charge in [0.2, 0.25) is 0 Å². The van der Waals surface area contributed by atoms with Crippen molar-refractivity contribution in [3.63, 3.8) is 0 Å². The Morgan fingerprint density at radius 1 is 0.400 bits per heavy atom.